The van der Waals surface area contributed by atoms with E-state index in [2.05, 4.69) is 27.3 Å². The highest BCUT2D eigenvalue weighted by atomic mass is 16.1. The summed E-state index contributed by atoms with van der Waals surface area (Å²) < 4.78 is 1.49. The smallest absolute Gasteiger partial charge is 0.261 e. The van der Waals surface area contributed by atoms with Gasteiger partial charge in [-0.2, -0.15) is 0 Å². The van der Waals surface area contributed by atoms with Gasteiger partial charge in [0.1, 0.15) is 0 Å². The summed E-state index contributed by atoms with van der Waals surface area (Å²) >= 11 is 0. The van der Waals surface area contributed by atoms with E-state index in [0.717, 1.165) is 12.2 Å². The van der Waals surface area contributed by atoms with Gasteiger partial charge in [0.25, 0.3) is 5.56 Å². The van der Waals surface area contributed by atoms with E-state index in [1.54, 1.807) is 6.07 Å². The van der Waals surface area contributed by atoms with Crippen LogP contribution in [-0.4, -0.2) is 33.4 Å². The molecule has 1 aliphatic heterocycles. The lowest BCUT2D eigenvalue weighted by atomic mass is 10.2. The number of aryl methyl sites for hydroxylation is 1. The number of benzene rings is 2. The first-order valence-electron chi connectivity index (χ1n) is 10.7. The van der Waals surface area contributed by atoms with Crippen molar-refractivity contribution in [1.82, 2.24) is 14.5 Å². The number of para-hydroxylation sites is 1. The van der Waals surface area contributed by atoms with Gasteiger partial charge < -0.3 is 5.32 Å². The molecule has 0 radical (unpaired) electrons. The second-order valence-corrected chi connectivity index (χ2v) is 7.95. The molecule has 0 saturated carbocycles. The molecule has 1 N–H and O–H groups in total. The zero-order valence-corrected chi connectivity index (χ0v) is 17.2. The summed E-state index contributed by atoms with van der Waals surface area (Å²) in [6, 6.07) is 15.3. The van der Waals surface area contributed by atoms with Gasteiger partial charge in [0, 0.05) is 25.2 Å². The van der Waals surface area contributed by atoms with Crippen molar-refractivity contribution >= 4 is 22.5 Å². The van der Waals surface area contributed by atoms with E-state index in [1.165, 1.54) is 55.2 Å². The van der Waals surface area contributed by atoms with Gasteiger partial charge in [-0.25, -0.2) is 4.98 Å². The molecule has 3 aromatic rings. The molecule has 1 aliphatic rings. The Hall–Kier alpha value is -2.99. The molecule has 156 valence electrons. The molecule has 1 amide bonds. The second kappa shape index (κ2) is 9.67. The third kappa shape index (κ3) is 5.13. The van der Waals surface area contributed by atoms with Crippen molar-refractivity contribution < 1.29 is 4.79 Å². The number of hydrogen-bond acceptors (Lipinski definition) is 4. The molecule has 2 aromatic carbocycles. The van der Waals surface area contributed by atoms with Gasteiger partial charge in [0.2, 0.25) is 5.91 Å². The van der Waals surface area contributed by atoms with Gasteiger partial charge in [0.15, 0.2) is 0 Å². The fourth-order valence-corrected chi connectivity index (χ4v) is 3.96. The van der Waals surface area contributed by atoms with Crippen molar-refractivity contribution in [3.8, 4) is 0 Å². The Bertz CT molecular complexity index is 1050. The minimum absolute atomic E-state index is 0.115. The number of nitrogens with zero attached hydrogens (tertiary/aromatic N) is 3. The van der Waals surface area contributed by atoms with Gasteiger partial charge >= 0.3 is 0 Å². The molecule has 6 nitrogen and oxygen atoms in total. The second-order valence-electron chi connectivity index (χ2n) is 7.95. The van der Waals surface area contributed by atoms with Crippen LogP contribution in [0.2, 0.25) is 0 Å². The maximum absolute atomic E-state index is 12.5. The van der Waals surface area contributed by atoms with E-state index in [0.29, 0.717) is 17.4 Å². The van der Waals surface area contributed by atoms with E-state index >= 15 is 0 Å². The van der Waals surface area contributed by atoms with Gasteiger partial charge in [-0.15, -0.1) is 0 Å². The van der Waals surface area contributed by atoms with Crippen LogP contribution in [0.15, 0.2) is 59.7 Å². The van der Waals surface area contributed by atoms with E-state index in [9.17, 15) is 9.59 Å². The van der Waals surface area contributed by atoms with E-state index in [-0.39, 0.29) is 17.9 Å². The molecule has 1 aromatic heterocycles. The van der Waals surface area contributed by atoms with Crippen molar-refractivity contribution in [3.63, 3.8) is 0 Å². The number of aromatic nitrogens is 2. The number of anilines is 1. The third-order valence-corrected chi connectivity index (χ3v) is 5.65. The minimum Gasteiger partial charge on any atom is -0.326 e. The molecule has 0 aliphatic carbocycles. The quantitative estimate of drug-likeness (QED) is 0.679. The van der Waals surface area contributed by atoms with Crippen molar-refractivity contribution in [3.05, 3.63) is 70.8 Å². The Morgan fingerprint density at radius 1 is 0.967 bits per heavy atom. The van der Waals surface area contributed by atoms with Crippen molar-refractivity contribution in [2.75, 3.05) is 18.4 Å². The van der Waals surface area contributed by atoms with Crippen LogP contribution in [0, 0.1) is 0 Å². The van der Waals surface area contributed by atoms with Gasteiger partial charge in [-0.3, -0.25) is 19.1 Å². The Kier molecular flexibility index (Phi) is 6.54. The lowest BCUT2D eigenvalue weighted by molar-refractivity contribution is -0.116. The van der Waals surface area contributed by atoms with E-state index < -0.39 is 0 Å². The highest BCUT2D eigenvalue weighted by Gasteiger charge is 2.10. The summed E-state index contributed by atoms with van der Waals surface area (Å²) in [5.41, 5.74) is 2.60. The normalized spacial score (nSPS) is 15.1. The monoisotopic (exact) mass is 404 g/mol. The molecule has 0 atom stereocenters. The average Bonchev–Trinajstić information content (AvgIpc) is 3.03. The summed E-state index contributed by atoms with van der Waals surface area (Å²) in [5, 5.41) is 3.49. The van der Waals surface area contributed by atoms with Gasteiger partial charge in [-0.1, -0.05) is 37.1 Å². The maximum Gasteiger partial charge on any atom is 0.261 e. The highest BCUT2D eigenvalue weighted by Crippen LogP contribution is 2.15. The predicted molar refractivity (Wildman–Crippen MR) is 119 cm³/mol. The summed E-state index contributed by atoms with van der Waals surface area (Å²) in [5.74, 6) is -0.115. The molecule has 0 bridgehead atoms. The zero-order chi connectivity index (χ0) is 20.8. The van der Waals surface area contributed by atoms with Crippen molar-refractivity contribution in [1.29, 1.82) is 0 Å². The van der Waals surface area contributed by atoms with Crippen LogP contribution in [0.1, 0.15) is 37.7 Å². The van der Waals surface area contributed by atoms with Gasteiger partial charge in [0.05, 0.1) is 17.2 Å². The molecule has 0 unspecified atom stereocenters. The molecule has 30 heavy (non-hydrogen) atoms. The topological polar surface area (TPSA) is 67.2 Å². The first-order chi connectivity index (χ1) is 14.7. The molecule has 1 saturated heterocycles. The van der Waals surface area contributed by atoms with Crippen LogP contribution in [0.5, 0.6) is 0 Å². The fraction of sp³-hybridized carbons (Fsp3) is 0.375. The van der Waals surface area contributed by atoms with Crippen molar-refractivity contribution in [2.45, 2.75) is 45.2 Å². The van der Waals surface area contributed by atoms with Crippen LogP contribution in [0.3, 0.4) is 0 Å². The first-order valence-corrected chi connectivity index (χ1v) is 10.7. The Morgan fingerprint density at radius 2 is 1.70 bits per heavy atom. The molecular weight excluding hydrogens is 376 g/mol. The van der Waals surface area contributed by atoms with Crippen LogP contribution >= 0.6 is 0 Å². The summed E-state index contributed by atoms with van der Waals surface area (Å²) in [6.45, 7) is 3.60. The number of fused-ring (bicyclic) bond motifs is 1. The summed E-state index contributed by atoms with van der Waals surface area (Å²) in [6.07, 6.45) is 6.96. The van der Waals surface area contributed by atoms with Gasteiger partial charge in [-0.05, 0) is 55.8 Å². The van der Waals surface area contributed by atoms with Crippen LogP contribution in [-0.2, 0) is 17.9 Å². The average molecular weight is 405 g/mol. The Balaban J connectivity index is 1.31. The number of nitrogens with one attached hydrogen (secondary N) is 1. The molecule has 6 heteroatoms. The van der Waals surface area contributed by atoms with Crippen LogP contribution < -0.4 is 10.9 Å². The number of likely N-dealkylation sites (tertiary alicyclic amines) is 1. The van der Waals surface area contributed by atoms with Crippen LogP contribution in [0.25, 0.3) is 10.9 Å². The number of rotatable bonds is 6. The summed E-state index contributed by atoms with van der Waals surface area (Å²) in [4.78, 5) is 31.7. The molecular formula is C24H28N4O2. The highest BCUT2D eigenvalue weighted by molar-refractivity contribution is 5.90. The molecule has 4 rings (SSSR count). The lowest BCUT2D eigenvalue weighted by Crippen LogP contribution is -2.24. The predicted octanol–water partition coefficient (Wildman–Crippen LogP) is 3.80. The SMILES string of the molecule is O=C(CCn1cnc2ccccc2c1=O)Nc1ccc(CN2CCCCCC2)cc1. The number of carbonyl (C=O) groups is 1. The van der Waals surface area contributed by atoms with E-state index in [1.807, 2.05) is 30.3 Å². The lowest BCUT2D eigenvalue weighted by Gasteiger charge is -2.19. The minimum atomic E-state index is -0.119. The first kappa shape index (κ1) is 20.3. The largest absolute Gasteiger partial charge is 0.326 e. The molecule has 0 spiro atoms. The zero-order valence-electron chi connectivity index (χ0n) is 17.2. The molecule has 1 fully saturated rings. The molecule has 2 heterocycles. The number of carbonyl (C=O) groups excluding carboxylic acids is 1. The Labute approximate surface area is 176 Å². The Morgan fingerprint density at radius 3 is 2.47 bits per heavy atom. The van der Waals surface area contributed by atoms with E-state index in [4.69, 9.17) is 0 Å². The number of hydrogen-bond donors (Lipinski definition) is 1. The third-order valence-electron chi connectivity index (χ3n) is 5.65. The standard InChI is InChI=1S/C24H28N4O2/c29-23(13-16-28-18-25-22-8-4-3-7-21(22)24(28)30)26-20-11-9-19(10-12-20)17-27-14-5-1-2-6-15-27/h3-4,7-12,18H,1-2,5-6,13-17H2,(H,26,29). The maximum atomic E-state index is 12.5. The number of amides is 1. The summed E-state index contributed by atoms with van der Waals surface area (Å²) in [7, 11) is 0. The van der Waals surface area contributed by atoms with Crippen molar-refractivity contribution in [2.24, 2.45) is 0 Å². The fourth-order valence-electron chi connectivity index (χ4n) is 3.96. The van der Waals surface area contributed by atoms with Crippen LogP contribution in [0.4, 0.5) is 5.69 Å².